The normalized spacial score (nSPS) is 25.4. The van der Waals surface area contributed by atoms with Crippen molar-refractivity contribution in [2.75, 3.05) is 6.54 Å². The highest BCUT2D eigenvalue weighted by Crippen LogP contribution is 2.29. The highest BCUT2D eigenvalue weighted by molar-refractivity contribution is 5.69. The van der Waals surface area contributed by atoms with Gasteiger partial charge in [0, 0.05) is 6.54 Å². The van der Waals surface area contributed by atoms with Crippen LogP contribution >= 0.6 is 0 Å². The van der Waals surface area contributed by atoms with Gasteiger partial charge in [-0.2, -0.15) is 0 Å². The molecule has 1 aliphatic heterocycles. The van der Waals surface area contributed by atoms with Gasteiger partial charge in [-0.25, -0.2) is 4.79 Å². The van der Waals surface area contributed by atoms with Gasteiger partial charge in [0.15, 0.2) is 0 Å². The monoisotopic (exact) mass is 229 g/mol. The number of piperidine rings is 1. The molecule has 0 aromatic rings. The van der Waals surface area contributed by atoms with Gasteiger partial charge in [0.05, 0.1) is 11.6 Å². The van der Waals surface area contributed by atoms with E-state index in [1.54, 1.807) is 4.90 Å². The fourth-order valence-corrected chi connectivity index (χ4v) is 1.91. The van der Waals surface area contributed by atoms with Gasteiger partial charge in [-0.3, -0.25) is 0 Å². The third-order valence-electron chi connectivity index (χ3n) is 2.98. The molecular weight excluding hydrogens is 206 g/mol. The Morgan fingerprint density at radius 1 is 1.44 bits per heavy atom. The summed E-state index contributed by atoms with van der Waals surface area (Å²) in [7, 11) is 0. The number of likely N-dealkylation sites (tertiary alicyclic amines) is 1. The van der Waals surface area contributed by atoms with Gasteiger partial charge in [-0.1, -0.05) is 0 Å². The average Bonchev–Trinajstić information content (AvgIpc) is 2.06. The molecule has 0 bridgehead atoms. The van der Waals surface area contributed by atoms with Gasteiger partial charge in [-0.05, 0) is 47.5 Å². The van der Waals surface area contributed by atoms with E-state index in [-0.39, 0.29) is 6.09 Å². The number of rotatable bonds is 0. The van der Waals surface area contributed by atoms with E-state index in [9.17, 15) is 9.90 Å². The van der Waals surface area contributed by atoms with Crippen molar-refractivity contribution >= 4 is 6.09 Å². The third-order valence-corrected chi connectivity index (χ3v) is 2.98. The van der Waals surface area contributed by atoms with Crippen LogP contribution in [-0.2, 0) is 4.74 Å². The Bertz CT molecular complexity index is 268. The lowest BCUT2D eigenvalue weighted by Crippen LogP contribution is -2.59. The summed E-state index contributed by atoms with van der Waals surface area (Å²) >= 11 is 0. The van der Waals surface area contributed by atoms with Gasteiger partial charge in [-0.15, -0.1) is 0 Å². The van der Waals surface area contributed by atoms with Gasteiger partial charge in [0.2, 0.25) is 0 Å². The van der Waals surface area contributed by atoms with E-state index in [2.05, 4.69) is 0 Å². The van der Waals surface area contributed by atoms with Crippen molar-refractivity contribution in [3.8, 4) is 0 Å². The Labute approximate surface area is 97.6 Å². The molecule has 4 heteroatoms. The van der Waals surface area contributed by atoms with Crippen molar-refractivity contribution in [3.63, 3.8) is 0 Å². The molecule has 0 aromatic heterocycles. The molecule has 0 radical (unpaired) electrons. The second-order valence-electron chi connectivity index (χ2n) is 5.94. The second kappa shape index (κ2) is 4.24. The van der Waals surface area contributed by atoms with Crippen molar-refractivity contribution in [2.24, 2.45) is 0 Å². The predicted molar refractivity (Wildman–Crippen MR) is 62.3 cm³/mol. The number of nitrogens with zero attached hydrogens (tertiary/aromatic N) is 1. The highest BCUT2D eigenvalue weighted by Gasteiger charge is 2.41. The van der Waals surface area contributed by atoms with E-state index in [4.69, 9.17) is 4.74 Å². The molecule has 16 heavy (non-hydrogen) atoms. The summed E-state index contributed by atoms with van der Waals surface area (Å²) in [5.41, 5.74) is -1.03. The first-order chi connectivity index (χ1) is 7.14. The van der Waals surface area contributed by atoms with E-state index in [0.29, 0.717) is 6.54 Å². The molecule has 1 aliphatic rings. The molecule has 94 valence electrons. The van der Waals surface area contributed by atoms with Crippen molar-refractivity contribution in [1.29, 1.82) is 0 Å². The maximum atomic E-state index is 12.0. The van der Waals surface area contributed by atoms with E-state index in [1.165, 1.54) is 0 Å². The molecule has 0 aliphatic carbocycles. The van der Waals surface area contributed by atoms with Crippen LogP contribution in [0.4, 0.5) is 4.79 Å². The molecule has 4 nitrogen and oxygen atoms in total. The summed E-state index contributed by atoms with van der Waals surface area (Å²) in [6, 6.07) is 0. The molecular formula is C12H23NO3. The summed E-state index contributed by atoms with van der Waals surface area (Å²) in [4.78, 5) is 13.6. The molecule has 0 aromatic carbocycles. The molecule has 1 atom stereocenters. The predicted octanol–water partition coefficient (Wildman–Crippen LogP) is 2.16. The quantitative estimate of drug-likeness (QED) is 0.692. The highest BCUT2D eigenvalue weighted by atomic mass is 16.6. The van der Waals surface area contributed by atoms with Crippen LogP contribution in [0, 0.1) is 0 Å². The first kappa shape index (κ1) is 13.3. The van der Waals surface area contributed by atoms with Crippen LogP contribution in [0.15, 0.2) is 0 Å². The Morgan fingerprint density at radius 2 is 2.00 bits per heavy atom. The van der Waals surface area contributed by atoms with Crippen LogP contribution in [0.2, 0.25) is 0 Å². The molecule has 0 saturated carbocycles. The molecule has 1 fully saturated rings. The first-order valence-corrected chi connectivity index (χ1v) is 5.83. The van der Waals surface area contributed by atoms with Crippen molar-refractivity contribution < 1.29 is 14.6 Å². The zero-order chi connectivity index (χ0) is 12.6. The fraction of sp³-hybridized carbons (Fsp3) is 0.917. The summed E-state index contributed by atoms with van der Waals surface area (Å²) in [5, 5.41) is 9.91. The number of aliphatic hydroxyl groups is 1. The van der Waals surface area contributed by atoms with Gasteiger partial charge >= 0.3 is 6.09 Å². The van der Waals surface area contributed by atoms with Crippen molar-refractivity contribution in [2.45, 2.75) is 64.7 Å². The van der Waals surface area contributed by atoms with Crippen LogP contribution in [0.1, 0.15) is 47.5 Å². The van der Waals surface area contributed by atoms with Crippen LogP contribution < -0.4 is 0 Å². The number of amides is 1. The van der Waals surface area contributed by atoms with Crippen molar-refractivity contribution in [3.05, 3.63) is 0 Å². The van der Waals surface area contributed by atoms with E-state index in [0.717, 1.165) is 12.8 Å². The third kappa shape index (κ3) is 2.88. The van der Waals surface area contributed by atoms with Crippen LogP contribution in [0.5, 0.6) is 0 Å². The zero-order valence-electron chi connectivity index (χ0n) is 10.9. The largest absolute Gasteiger partial charge is 0.444 e. The summed E-state index contributed by atoms with van der Waals surface area (Å²) in [6.45, 7) is 9.94. The van der Waals surface area contributed by atoms with E-state index in [1.807, 2.05) is 34.6 Å². The number of carbonyl (C=O) groups is 1. The number of ether oxygens (including phenoxy) is 1. The molecule has 1 saturated heterocycles. The van der Waals surface area contributed by atoms with Gasteiger partial charge in [0.1, 0.15) is 5.60 Å². The Kier molecular flexibility index (Phi) is 3.53. The molecule has 1 N–H and O–H groups in total. The summed E-state index contributed by atoms with van der Waals surface area (Å²) in [6.07, 6.45) is 0.751. The first-order valence-electron chi connectivity index (χ1n) is 5.83. The summed E-state index contributed by atoms with van der Waals surface area (Å²) < 4.78 is 5.34. The van der Waals surface area contributed by atoms with Crippen LogP contribution in [-0.4, -0.2) is 39.9 Å². The van der Waals surface area contributed by atoms with E-state index >= 15 is 0 Å². The molecule has 0 spiro atoms. The smallest absolute Gasteiger partial charge is 0.410 e. The Balaban J connectivity index is 2.75. The number of aliphatic hydroxyl groups excluding tert-OH is 1. The Hall–Kier alpha value is -0.770. The van der Waals surface area contributed by atoms with E-state index < -0.39 is 17.2 Å². The lowest BCUT2D eigenvalue weighted by Gasteiger charge is -2.45. The lowest BCUT2D eigenvalue weighted by atomic mass is 9.88. The number of hydrogen-bond donors (Lipinski definition) is 1. The topological polar surface area (TPSA) is 49.8 Å². The maximum Gasteiger partial charge on any atom is 0.410 e. The second-order valence-corrected chi connectivity index (χ2v) is 5.94. The maximum absolute atomic E-state index is 12.0. The van der Waals surface area contributed by atoms with Crippen LogP contribution in [0.25, 0.3) is 0 Å². The Morgan fingerprint density at radius 3 is 2.50 bits per heavy atom. The van der Waals surface area contributed by atoms with Gasteiger partial charge < -0.3 is 14.7 Å². The lowest BCUT2D eigenvalue weighted by molar-refractivity contribution is -0.0567. The minimum Gasteiger partial charge on any atom is -0.444 e. The average molecular weight is 229 g/mol. The SMILES string of the molecule is CC(C)(C)OC(=O)N1CCC[C@H](O)C1(C)C. The number of hydrogen-bond acceptors (Lipinski definition) is 3. The zero-order valence-corrected chi connectivity index (χ0v) is 10.9. The molecule has 1 heterocycles. The standard InChI is InChI=1S/C12H23NO3/c1-11(2,3)16-10(15)13-8-6-7-9(14)12(13,4)5/h9,14H,6-8H2,1-5H3/t9-/m0/s1. The minimum absolute atomic E-state index is 0.337. The molecule has 1 amide bonds. The van der Waals surface area contributed by atoms with Crippen LogP contribution in [0.3, 0.4) is 0 Å². The number of carbonyl (C=O) groups excluding carboxylic acids is 1. The fourth-order valence-electron chi connectivity index (χ4n) is 1.91. The molecule has 1 rings (SSSR count). The molecule has 0 unspecified atom stereocenters. The minimum atomic E-state index is -0.541. The summed E-state index contributed by atoms with van der Waals surface area (Å²) in [5.74, 6) is 0. The van der Waals surface area contributed by atoms with Crippen molar-refractivity contribution in [1.82, 2.24) is 4.90 Å². The van der Waals surface area contributed by atoms with Gasteiger partial charge in [0.25, 0.3) is 0 Å².